The fourth-order valence-electron chi connectivity index (χ4n) is 3.26. The lowest BCUT2D eigenvalue weighted by Gasteiger charge is -2.15. The van der Waals surface area contributed by atoms with Gasteiger partial charge in [0.15, 0.2) is 0 Å². The average molecular weight is 307 g/mol. The van der Waals surface area contributed by atoms with Crippen LogP contribution < -0.4 is 0 Å². The Morgan fingerprint density at radius 3 is 2.00 bits per heavy atom. The summed E-state index contributed by atoms with van der Waals surface area (Å²) in [5, 5.41) is 0. The third-order valence-corrected chi connectivity index (χ3v) is 4.71. The van der Waals surface area contributed by atoms with Crippen LogP contribution >= 0.6 is 0 Å². The van der Waals surface area contributed by atoms with Crippen molar-refractivity contribution >= 4 is 0 Å². The van der Waals surface area contributed by atoms with E-state index < -0.39 is 0 Å². The summed E-state index contributed by atoms with van der Waals surface area (Å²) in [5.74, 6) is 7.66. The molecular formula is C21H38O. The number of unbranched alkanes of at least 4 members (excludes halogenated alkanes) is 9. The van der Waals surface area contributed by atoms with Crippen molar-refractivity contribution in [3.05, 3.63) is 0 Å². The second-order valence-corrected chi connectivity index (χ2v) is 6.78. The van der Waals surface area contributed by atoms with Crippen molar-refractivity contribution < 1.29 is 4.74 Å². The zero-order valence-corrected chi connectivity index (χ0v) is 15.0. The molecule has 0 aromatic rings. The van der Waals surface area contributed by atoms with Crippen LogP contribution in [0.1, 0.15) is 103 Å². The minimum atomic E-state index is 0.733. The van der Waals surface area contributed by atoms with Crippen molar-refractivity contribution in [1.82, 2.24) is 0 Å². The van der Waals surface area contributed by atoms with Crippen molar-refractivity contribution in [2.45, 2.75) is 103 Å². The number of hydrogen-bond donors (Lipinski definition) is 0. The lowest BCUT2D eigenvalue weighted by atomic mass is 9.90. The minimum absolute atomic E-state index is 0.733. The van der Waals surface area contributed by atoms with Crippen molar-refractivity contribution in [3.63, 3.8) is 0 Å². The van der Waals surface area contributed by atoms with E-state index >= 15 is 0 Å². The lowest BCUT2D eigenvalue weighted by molar-refractivity contribution is 0.143. The number of rotatable bonds is 12. The average Bonchev–Trinajstić information content (AvgIpc) is 2.56. The van der Waals surface area contributed by atoms with Crippen LogP contribution in [0.25, 0.3) is 0 Å². The van der Waals surface area contributed by atoms with Crippen LogP contribution in [-0.4, -0.2) is 13.2 Å². The van der Waals surface area contributed by atoms with Gasteiger partial charge in [-0.3, -0.25) is 0 Å². The smallest absolute Gasteiger partial charge is 0.0465 e. The van der Waals surface area contributed by atoms with Gasteiger partial charge in [-0.15, -0.1) is 5.92 Å². The van der Waals surface area contributed by atoms with Crippen molar-refractivity contribution in [1.29, 1.82) is 0 Å². The molecule has 0 unspecified atom stereocenters. The maximum atomic E-state index is 5.35. The SMILES string of the molecule is CCOCCCCCCCCCCCC#CC1CCCCC1. The second-order valence-electron chi connectivity index (χ2n) is 6.78. The first-order valence-corrected chi connectivity index (χ1v) is 9.99. The molecule has 128 valence electrons. The molecule has 0 heterocycles. The fraction of sp³-hybridized carbons (Fsp3) is 0.905. The first kappa shape index (κ1) is 19.6. The van der Waals surface area contributed by atoms with E-state index in [0.29, 0.717) is 0 Å². The van der Waals surface area contributed by atoms with Gasteiger partial charge in [0, 0.05) is 25.6 Å². The molecule has 22 heavy (non-hydrogen) atoms. The van der Waals surface area contributed by atoms with Crippen LogP contribution in [0.2, 0.25) is 0 Å². The highest BCUT2D eigenvalue weighted by atomic mass is 16.5. The molecule has 0 aromatic heterocycles. The van der Waals surface area contributed by atoms with Crippen LogP contribution in [0.15, 0.2) is 0 Å². The topological polar surface area (TPSA) is 9.23 Å². The van der Waals surface area contributed by atoms with E-state index in [2.05, 4.69) is 18.8 Å². The van der Waals surface area contributed by atoms with Crippen LogP contribution in [0.4, 0.5) is 0 Å². The van der Waals surface area contributed by atoms with Gasteiger partial charge in [0.25, 0.3) is 0 Å². The quantitative estimate of drug-likeness (QED) is 0.295. The fourth-order valence-corrected chi connectivity index (χ4v) is 3.26. The molecule has 0 bridgehead atoms. The van der Waals surface area contributed by atoms with Gasteiger partial charge in [0.05, 0.1) is 0 Å². The van der Waals surface area contributed by atoms with E-state index in [9.17, 15) is 0 Å². The summed E-state index contributed by atoms with van der Waals surface area (Å²) >= 11 is 0. The Hall–Kier alpha value is -0.480. The van der Waals surface area contributed by atoms with Gasteiger partial charge in [-0.2, -0.15) is 0 Å². The molecule has 1 heteroatoms. The molecule has 0 atom stereocenters. The van der Waals surface area contributed by atoms with E-state index in [0.717, 1.165) is 25.6 Å². The van der Waals surface area contributed by atoms with Gasteiger partial charge in [-0.1, -0.05) is 70.1 Å². The van der Waals surface area contributed by atoms with E-state index in [1.165, 1.54) is 89.9 Å². The molecule has 0 N–H and O–H groups in total. The van der Waals surface area contributed by atoms with Gasteiger partial charge in [0.1, 0.15) is 0 Å². The largest absolute Gasteiger partial charge is 0.382 e. The minimum Gasteiger partial charge on any atom is -0.382 e. The standard InChI is InChI=1S/C21H38O/c1-2-22-20-16-11-9-7-5-3-4-6-8-10-13-17-21-18-14-12-15-19-21/h21H,2-12,14-16,18-20H2,1H3. The molecule has 1 nitrogen and oxygen atoms in total. The Morgan fingerprint density at radius 2 is 1.36 bits per heavy atom. The third-order valence-electron chi connectivity index (χ3n) is 4.71. The number of hydrogen-bond acceptors (Lipinski definition) is 1. The highest BCUT2D eigenvalue weighted by molar-refractivity contribution is 5.04. The number of ether oxygens (including phenoxy) is 1. The van der Waals surface area contributed by atoms with Crippen LogP contribution in [-0.2, 0) is 4.74 Å². The highest BCUT2D eigenvalue weighted by Gasteiger charge is 2.09. The van der Waals surface area contributed by atoms with Crippen LogP contribution in [0.5, 0.6) is 0 Å². The highest BCUT2D eigenvalue weighted by Crippen LogP contribution is 2.22. The molecule has 1 aliphatic carbocycles. The van der Waals surface area contributed by atoms with Crippen LogP contribution in [0.3, 0.4) is 0 Å². The lowest BCUT2D eigenvalue weighted by Crippen LogP contribution is -2.02. The maximum Gasteiger partial charge on any atom is 0.0465 e. The summed E-state index contributed by atoms with van der Waals surface area (Å²) in [7, 11) is 0. The Labute approximate surface area is 139 Å². The predicted octanol–water partition coefficient (Wildman–Crippen LogP) is 6.51. The summed E-state index contributed by atoms with van der Waals surface area (Å²) in [6.07, 6.45) is 20.4. The van der Waals surface area contributed by atoms with Gasteiger partial charge < -0.3 is 4.74 Å². The van der Waals surface area contributed by atoms with Crippen molar-refractivity contribution in [2.24, 2.45) is 5.92 Å². The third kappa shape index (κ3) is 12.1. The molecule has 0 aromatic carbocycles. The first-order valence-electron chi connectivity index (χ1n) is 9.99. The molecule has 1 rings (SSSR count). The molecule has 0 amide bonds. The Balaban J connectivity index is 1.75. The van der Waals surface area contributed by atoms with E-state index in [1.807, 2.05) is 0 Å². The molecular weight excluding hydrogens is 268 g/mol. The Bertz CT molecular complexity index is 280. The molecule has 0 aliphatic heterocycles. The van der Waals surface area contributed by atoms with Gasteiger partial charge >= 0.3 is 0 Å². The molecule has 1 fully saturated rings. The van der Waals surface area contributed by atoms with E-state index in [4.69, 9.17) is 4.74 Å². The summed E-state index contributed by atoms with van der Waals surface area (Å²) < 4.78 is 5.35. The van der Waals surface area contributed by atoms with E-state index in [1.54, 1.807) is 0 Å². The Morgan fingerprint density at radius 1 is 0.773 bits per heavy atom. The maximum absolute atomic E-state index is 5.35. The summed E-state index contributed by atoms with van der Waals surface area (Å²) in [6, 6.07) is 0. The van der Waals surface area contributed by atoms with E-state index in [-0.39, 0.29) is 0 Å². The zero-order valence-electron chi connectivity index (χ0n) is 15.0. The molecule has 1 aliphatic rings. The first-order chi connectivity index (χ1) is 10.9. The van der Waals surface area contributed by atoms with Crippen LogP contribution in [0, 0.1) is 17.8 Å². The molecule has 0 radical (unpaired) electrons. The van der Waals surface area contributed by atoms with Gasteiger partial charge in [-0.25, -0.2) is 0 Å². The normalized spacial score (nSPS) is 15.5. The van der Waals surface area contributed by atoms with Crippen molar-refractivity contribution in [2.75, 3.05) is 13.2 Å². The molecule has 0 saturated heterocycles. The summed E-state index contributed by atoms with van der Waals surface area (Å²) in [5.41, 5.74) is 0. The molecule has 0 spiro atoms. The second kappa shape index (κ2) is 15.4. The molecule has 1 saturated carbocycles. The zero-order chi connectivity index (χ0) is 15.7. The van der Waals surface area contributed by atoms with Gasteiger partial charge in [0.2, 0.25) is 0 Å². The van der Waals surface area contributed by atoms with Gasteiger partial charge in [-0.05, 0) is 32.6 Å². The van der Waals surface area contributed by atoms with Crippen molar-refractivity contribution in [3.8, 4) is 11.8 Å². The summed E-state index contributed by atoms with van der Waals surface area (Å²) in [4.78, 5) is 0. The monoisotopic (exact) mass is 306 g/mol. The summed E-state index contributed by atoms with van der Waals surface area (Å²) in [6.45, 7) is 3.89. The predicted molar refractivity (Wildman–Crippen MR) is 97.0 cm³/mol. The Kier molecular flexibility index (Phi) is 13.7.